The van der Waals surface area contributed by atoms with Crippen molar-refractivity contribution in [2.75, 3.05) is 19.6 Å². The Morgan fingerprint density at radius 1 is 1.38 bits per heavy atom. The minimum atomic E-state index is 0.619. The third-order valence-electron chi connectivity index (χ3n) is 4.92. The molecule has 5 rings (SSSR count). The molecule has 3 fully saturated rings. The molecule has 5 nitrogen and oxygen atoms in total. The molecule has 0 saturated carbocycles. The number of piperidine rings is 3. The van der Waals surface area contributed by atoms with Gasteiger partial charge in [0, 0.05) is 24.7 Å². The van der Waals surface area contributed by atoms with Gasteiger partial charge >= 0.3 is 0 Å². The molecule has 3 aliphatic heterocycles. The molecule has 21 heavy (non-hydrogen) atoms. The maximum Gasteiger partial charge on any atom is 0.152 e. The first-order valence-electron chi connectivity index (χ1n) is 7.84. The summed E-state index contributed by atoms with van der Waals surface area (Å²) < 4.78 is 5.70. The summed E-state index contributed by atoms with van der Waals surface area (Å²) in [5, 5.41) is 11.0. The van der Waals surface area contributed by atoms with Crippen LogP contribution in [0.25, 0.3) is 11.5 Å². The number of nitrogens with zero attached hydrogens (tertiary/aromatic N) is 2. The van der Waals surface area contributed by atoms with Gasteiger partial charge in [0.25, 0.3) is 0 Å². The molecule has 2 aromatic heterocycles. The van der Waals surface area contributed by atoms with Gasteiger partial charge in [0.05, 0.1) is 6.20 Å². The Labute approximate surface area is 124 Å². The largest absolute Gasteiger partial charge is 0.460 e. The second kappa shape index (κ2) is 5.31. The van der Waals surface area contributed by atoms with Crippen LogP contribution in [0.5, 0.6) is 0 Å². The highest BCUT2D eigenvalue weighted by atomic mass is 16.3. The lowest BCUT2D eigenvalue weighted by atomic mass is 9.84. The quantitative estimate of drug-likeness (QED) is 0.904. The van der Waals surface area contributed by atoms with E-state index in [2.05, 4.69) is 20.4 Å². The first-order valence-corrected chi connectivity index (χ1v) is 7.84. The maximum absolute atomic E-state index is 5.70. The van der Waals surface area contributed by atoms with Crippen LogP contribution in [0.2, 0.25) is 0 Å². The molecule has 2 aromatic rings. The second-order valence-corrected chi connectivity index (χ2v) is 6.31. The minimum Gasteiger partial charge on any atom is -0.460 e. The van der Waals surface area contributed by atoms with E-state index in [1.165, 1.54) is 38.0 Å². The fourth-order valence-electron chi connectivity index (χ4n) is 3.66. The fraction of sp³-hybridized carbons (Fsp3) is 0.562. The first-order chi connectivity index (χ1) is 10.3. The smallest absolute Gasteiger partial charge is 0.152 e. The molecule has 0 amide bonds. The summed E-state index contributed by atoms with van der Waals surface area (Å²) in [7, 11) is 0. The first kappa shape index (κ1) is 13.1. The van der Waals surface area contributed by atoms with Crippen LogP contribution in [0.4, 0.5) is 0 Å². The molecule has 2 bridgehead atoms. The number of aromatic amines is 1. The lowest BCUT2D eigenvalue weighted by Crippen LogP contribution is -2.55. The Morgan fingerprint density at radius 3 is 2.90 bits per heavy atom. The van der Waals surface area contributed by atoms with Crippen LogP contribution in [0.15, 0.2) is 22.7 Å². The van der Waals surface area contributed by atoms with E-state index in [1.54, 1.807) is 0 Å². The van der Waals surface area contributed by atoms with Crippen LogP contribution < -0.4 is 5.32 Å². The Balaban J connectivity index is 1.45. The number of rotatable bonds is 4. The molecule has 0 spiro atoms. The van der Waals surface area contributed by atoms with E-state index in [9.17, 15) is 0 Å². The third kappa shape index (κ3) is 2.51. The van der Waals surface area contributed by atoms with E-state index in [0.717, 1.165) is 29.7 Å². The molecule has 1 atom stereocenters. The van der Waals surface area contributed by atoms with Crippen LogP contribution in [0.1, 0.15) is 24.2 Å². The molecule has 5 heterocycles. The lowest BCUT2D eigenvalue weighted by molar-refractivity contribution is 0.0720. The van der Waals surface area contributed by atoms with Crippen molar-refractivity contribution in [1.29, 1.82) is 0 Å². The number of hydrogen-bond acceptors (Lipinski definition) is 4. The standard InChI is InChI=1S/C16H22N4O/c1-11-2-3-15(21-11)16-13(9-18-19-16)8-17-14-10-20-6-4-12(14)5-7-20/h2-3,9,12,14,17H,4-8,10H2,1H3,(H,18,19). The third-order valence-corrected chi connectivity index (χ3v) is 4.92. The molecule has 3 aliphatic rings. The summed E-state index contributed by atoms with van der Waals surface area (Å²) in [6, 6.07) is 4.61. The maximum atomic E-state index is 5.70. The predicted molar refractivity (Wildman–Crippen MR) is 80.8 cm³/mol. The Morgan fingerprint density at radius 2 is 2.24 bits per heavy atom. The van der Waals surface area contributed by atoms with Gasteiger partial charge in [-0.05, 0) is 50.9 Å². The summed E-state index contributed by atoms with van der Waals surface area (Å²) >= 11 is 0. The van der Waals surface area contributed by atoms with Gasteiger partial charge < -0.3 is 14.6 Å². The van der Waals surface area contributed by atoms with Gasteiger partial charge in [-0.2, -0.15) is 5.10 Å². The Bertz CT molecular complexity index is 609. The number of aromatic nitrogens is 2. The van der Waals surface area contributed by atoms with Crippen molar-refractivity contribution < 1.29 is 4.42 Å². The Hall–Kier alpha value is -1.59. The van der Waals surface area contributed by atoms with Crippen molar-refractivity contribution in [3.05, 3.63) is 29.7 Å². The van der Waals surface area contributed by atoms with Gasteiger partial charge in [0.2, 0.25) is 0 Å². The highest BCUT2D eigenvalue weighted by Crippen LogP contribution is 2.28. The van der Waals surface area contributed by atoms with E-state index < -0.39 is 0 Å². The summed E-state index contributed by atoms with van der Waals surface area (Å²) in [4.78, 5) is 2.57. The van der Waals surface area contributed by atoms with Crippen molar-refractivity contribution >= 4 is 0 Å². The van der Waals surface area contributed by atoms with Crippen molar-refractivity contribution in [3.8, 4) is 11.5 Å². The summed E-state index contributed by atoms with van der Waals surface area (Å²) in [5.41, 5.74) is 2.18. The van der Waals surface area contributed by atoms with Gasteiger partial charge in [-0.15, -0.1) is 0 Å². The molecule has 0 radical (unpaired) electrons. The fourth-order valence-corrected chi connectivity index (χ4v) is 3.66. The lowest BCUT2D eigenvalue weighted by Gasteiger charge is -2.45. The molecule has 1 unspecified atom stereocenters. The zero-order chi connectivity index (χ0) is 14.2. The zero-order valence-electron chi connectivity index (χ0n) is 12.4. The zero-order valence-corrected chi connectivity index (χ0v) is 12.4. The number of fused-ring (bicyclic) bond motifs is 3. The number of aryl methyl sites for hydroxylation is 1. The van der Waals surface area contributed by atoms with Gasteiger partial charge in [-0.3, -0.25) is 5.10 Å². The highest BCUT2D eigenvalue weighted by molar-refractivity contribution is 5.56. The average molecular weight is 286 g/mol. The molecular weight excluding hydrogens is 264 g/mol. The molecule has 5 heteroatoms. The molecule has 3 saturated heterocycles. The predicted octanol–water partition coefficient (Wildman–Crippen LogP) is 2.16. The van der Waals surface area contributed by atoms with E-state index in [4.69, 9.17) is 4.42 Å². The van der Waals surface area contributed by atoms with E-state index >= 15 is 0 Å². The van der Waals surface area contributed by atoms with Gasteiger partial charge in [0.1, 0.15) is 11.5 Å². The van der Waals surface area contributed by atoms with E-state index in [0.29, 0.717) is 6.04 Å². The number of H-pyrrole nitrogens is 1. The van der Waals surface area contributed by atoms with Crippen molar-refractivity contribution in [2.24, 2.45) is 5.92 Å². The summed E-state index contributed by atoms with van der Waals surface area (Å²) in [6.45, 7) is 6.57. The van der Waals surface area contributed by atoms with Crippen LogP contribution >= 0.6 is 0 Å². The van der Waals surface area contributed by atoms with E-state index in [1.807, 2.05) is 25.3 Å². The minimum absolute atomic E-state index is 0.619. The second-order valence-electron chi connectivity index (χ2n) is 6.31. The normalized spacial score (nSPS) is 28.1. The summed E-state index contributed by atoms with van der Waals surface area (Å²) in [6.07, 6.45) is 4.59. The van der Waals surface area contributed by atoms with Gasteiger partial charge in [0.15, 0.2) is 5.76 Å². The van der Waals surface area contributed by atoms with Gasteiger partial charge in [-0.1, -0.05) is 0 Å². The molecular formula is C16H22N4O. The summed E-state index contributed by atoms with van der Waals surface area (Å²) in [5.74, 6) is 2.64. The average Bonchev–Trinajstić information content (AvgIpc) is 3.15. The number of nitrogens with one attached hydrogen (secondary N) is 2. The highest BCUT2D eigenvalue weighted by Gasteiger charge is 2.33. The molecule has 112 valence electrons. The monoisotopic (exact) mass is 286 g/mol. The van der Waals surface area contributed by atoms with Crippen molar-refractivity contribution in [3.63, 3.8) is 0 Å². The molecule has 0 aromatic carbocycles. The van der Waals surface area contributed by atoms with Crippen LogP contribution in [-0.4, -0.2) is 40.8 Å². The van der Waals surface area contributed by atoms with Crippen LogP contribution in [0, 0.1) is 12.8 Å². The molecule has 2 N–H and O–H groups in total. The number of hydrogen-bond donors (Lipinski definition) is 2. The van der Waals surface area contributed by atoms with Gasteiger partial charge in [-0.25, -0.2) is 0 Å². The van der Waals surface area contributed by atoms with E-state index in [-0.39, 0.29) is 0 Å². The Kier molecular flexibility index (Phi) is 3.31. The molecule has 0 aliphatic carbocycles. The topological polar surface area (TPSA) is 57.1 Å². The SMILES string of the molecule is Cc1ccc(-c2[nH]ncc2CNC2CN3CCC2CC3)o1. The van der Waals surface area contributed by atoms with Crippen molar-refractivity contribution in [2.45, 2.75) is 32.4 Å². The van der Waals surface area contributed by atoms with Crippen LogP contribution in [0.3, 0.4) is 0 Å². The van der Waals surface area contributed by atoms with Crippen molar-refractivity contribution in [1.82, 2.24) is 20.4 Å². The van der Waals surface area contributed by atoms with Crippen LogP contribution in [-0.2, 0) is 6.54 Å². The number of furan rings is 1.